The van der Waals surface area contributed by atoms with Crippen LogP contribution in [0.15, 0.2) is 54.6 Å². The molecule has 1 saturated heterocycles. The number of fused-ring (bicyclic) bond motifs is 1. The number of carbonyl (C=O) groups is 1. The van der Waals surface area contributed by atoms with E-state index in [1.807, 2.05) is 12.1 Å². The van der Waals surface area contributed by atoms with Crippen LogP contribution in [-0.4, -0.2) is 30.3 Å². The number of nitrogens with zero attached hydrogens (tertiary/aromatic N) is 1. The van der Waals surface area contributed by atoms with E-state index >= 15 is 0 Å². The van der Waals surface area contributed by atoms with Crippen molar-refractivity contribution in [3.8, 4) is 0 Å². The van der Waals surface area contributed by atoms with Crippen molar-refractivity contribution < 1.29 is 4.79 Å². The maximum atomic E-state index is 12.4. The molecule has 24 heavy (non-hydrogen) atoms. The summed E-state index contributed by atoms with van der Waals surface area (Å²) in [4.78, 5) is 14.9. The van der Waals surface area contributed by atoms with Gasteiger partial charge in [0.1, 0.15) is 0 Å². The van der Waals surface area contributed by atoms with Crippen molar-refractivity contribution in [2.45, 2.75) is 31.6 Å². The Kier molecular flexibility index (Phi) is 4.48. The van der Waals surface area contributed by atoms with Gasteiger partial charge in [0.15, 0.2) is 5.78 Å². The molecule has 2 nitrogen and oxygen atoms in total. The SMILES string of the molecule is O=C1C[C@@H](CN2CCC(c3ccccc3)CC2)Cc2ccccc21. The van der Waals surface area contributed by atoms with Crippen LogP contribution in [0.5, 0.6) is 0 Å². The van der Waals surface area contributed by atoms with Gasteiger partial charge >= 0.3 is 0 Å². The molecule has 4 rings (SSSR count). The van der Waals surface area contributed by atoms with E-state index < -0.39 is 0 Å². The molecule has 1 fully saturated rings. The van der Waals surface area contributed by atoms with Crippen molar-refractivity contribution in [3.05, 3.63) is 71.3 Å². The topological polar surface area (TPSA) is 20.3 Å². The second-order valence-corrected chi connectivity index (χ2v) is 7.34. The molecule has 124 valence electrons. The molecule has 0 amide bonds. The highest BCUT2D eigenvalue weighted by Crippen LogP contribution is 2.30. The molecule has 0 radical (unpaired) electrons. The van der Waals surface area contributed by atoms with Crippen molar-refractivity contribution in [2.75, 3.05) is 19.6 Å². The monoisotopic (exact) mass is 319 g/mol. The van der Waals surface area contributed by atoms with Crippen LogP contribution >= 0.6 is 0 Å². The number of benzene rings is 2. The van der Waals surface area contributed by atoms with Gasteiger partial charge < -0.3 is 4.90 Å². The minimum absolute atomic E-state index is 0.334. The summed E-state index contributed by atoms with van der Waals surface area (Å²) in [5.41, 5.74) is 3.69. The van der Waals surface area contributed by atoms with Crippen LogP contribution in [0, 0.1) is 5.92 Å². The Morgan fingerprint density at radius 3 is 2.38 bits per heavy atom. The van der Waals surface area contributed by atoms with Crippen molar-refractivity contribution >= 4 is 5.78 Å². The second kappa shape index (κ2) is 6.90. The summed E-state index contributed by atoms with van der Waals surface area (Å²) in [5.74, 6) is 1.53. The molecule has 1 atom stereocenters. The van der Waals surface area contributed by atoms with Crippen LogP contribution in [0.1, 0.15) is 46.7 Å². The van der Waals surface area contributed by atoms with Gasteiger partial charge in [-0.3, -0.25) is 4.79 Å². The van der Waals surface area contributed by atoms with E-state index in [4.69, 9.17) is 0 Å². The molecule has 0 saturated carbocycles. The van der Waals surface area contributed by atoms with Gasteiger partial charge in [0.05, 0.1) is 0 Å². The molecule has 0 spiro atoms. The van der Waals surface area contributed by atoms with Crippen LogP contribution in [0.4, 0.5) is 0 Å². The molecule has 1 heterocycles. The Bertz CT molecular complexity index is 701. The van der Waals surface area contributed by atoms with E-state index in [2.05, 4.69) is 47.4 Å². The molecule has 2 aliphatic rings. The van der Waals surface area contributed by atoms with Crippen LogP contribution in [0.2, 0.25) is 0 Å². The van der Waals surface area contributed by atoms with Gasteiger partial charge in [-0.15, -0.1) is 0 Å². The zero-order chi connectivity index (χ0) is 16.4. The molecule has 0 aromatic heterocycles. The average molecular weight is 319 g/mol. The molecule has 1 aliphatic carbocycles. The van der Waals surface area contributed by atoms with E-state index in [1.54, 1.807) is 0 Å². The molecule has 0 N–H and O–H groups in total. The number of ketones is 1. The number of hydrogen-bond donors (Lipinski definition) is 0. The lowest BCUT2D eigenvalue weighted by atomic mass is 9.82. The summed E-state index contributed by atoms with van der Waals surface area (Å²) < 4.78 is 0. The number of rotatable bonds is 3. The first-order valence-electron chi connectivity index (χ1n) is 9.18. The molecular formula is C22H25NO. The number of piperidine rings is 1. The largest absolute Gasteiger partial charge is 0.303 e. The molecular weight excluding hydrogens is 294 g/mol. The fourth-order valence-corrected chi connectivity index (χ4v) is 4.39. The zero-order valence-electron chi connectivity index (χ0n) is 14.2. The van der Waals surface area contributed by atoms with Crippen molar-refractivity contribution in [3.63, 3.8) is 0 Å². The molecule has 0 bridgehead atoms. The summed E-state index contributed by atoms with van der Waals surface area (Å²) >= 11 is 0. The fourth-order valence-electron chi connectivity index (χ4n) is 4.39. The highest BCUT2D eigenvalue weighted by atomic mass is 16.1. The van der Waals surface area contributed by atoms with Gasteiger partial charge in [0, 0.05) is 18.5 Å². The lowest BCUT2D eigenvalue weighted by Gasteiger charge is -2.35. The molecule has 0 unspecified atom stereocenters. The highest BCUT2D eigenvalue weighted by molar-refractivity contribution is 5.98. The normalized spacial score (nSPS) is 22.3. The molecule has 2 aromatic rings. The third-order valence-corrected chi connectivity index (χ3v) is 5.68. The van der Waals surface area contributed by atoms with E-state index in [1.165, 1.54) is 24.0 Å². The molecule has 2 aromatic carbocycles. The van der Waals surface area contributed by atoms with E-state index in [0.717, 1.165) is 38.0 Å². The number of likely N-dealkylation sites (tertiary alicyclic amines) is 1. The zero-order valence-corrected chi connectivity index (χ0v) is 14.2. The van der Waals surface area contributed by atoms with Crippen molar-refractivity contribution in [1.82, 2.24) is 4.90 Å². The number of hydrogen-bond acceptors (Lipinski definition) is 2. The highest BCUT2D eigenvalue weighted by Gasteiger charge is 2.28. The molecule has 2 heteroatoms. The minimum Gasteiger partial charge on any atom is -0.303 e. The van der Waals surface area contributed by atoms with Gasteiger partial charge in [-0.2, -0.15) is 0 Å². The van der Waals surface area contributed by atoms with Crippen molar-refractivity contribution in [1.29, 1.82) is 0 Å². The Labute approximate surface area is 144 Å². The van der Waals surface area contributed by atoms with Gasteiger partial charge in [-0.25, -0.2) is 0 Å². The summed E-state index contributed by atoms with van der Waals surface area (Å²) in [7, 11) is 0. The first kappa shape index (κ1) is 15.6. The summed E-state index contributed by atoms with van der Waals surface area (Å²) in [6, 6.07) is 19.1. The number of Topliss-reactive ketones (excluding diaryl/α,β-unsaturated/α-hetero) is 1. The maximum Gasteiger partial charge on any atom is 0.163 e. The van der Waals surface area contributed by atoms with Gasteiger partial charge in [-0.05, 0) is 55.3 Å². The first-order valence-corrected chi connectivity index (χ1v) is 9.18. The van der Waals surface area contributed by atoms with E-state index in [-0.39, 0.29) is 0 Å². The van der Waals surface area contributed by atoms with Gasteiger partial charge in [0.2, 0.25) is 0 Å². The quantitative estimate of drug-likeness (QED) is 0.840. The van der Waals surface area contributed by atoms with Gasteiger partial charge in [-0.1, -0.05) is 54.6 Å². The Hall–Kier alpha value is -1.93. The van der Waals surface area contributed by atoms with Crippen LogP contribution in [-0.2, 0) is 6.42 Å². The lowest BCUT2D eigenvalue weighted by Crippen LogP contribution is -2.38. The predicted molar refractivity (Wildman–Crippen MR) is 97.4 cm³/mol. The summed E-state index contributed by atoms with van der Waals surface area (Å²) in [6.45, 7) is 3.39. The van der Waals surface area contributed by atoms with E-state index in [0.29, 0.717) is 17.6 Å². The van der Waals surface area contributed by atoms with Crippen LogP contribution < -0.4 is 0 Å². The Morgan fingerprint density at radius 2 is 1.58 bits per heavy atom. The Morgan fingerprint density at radius 1 is 0.875 bits per heavy atom. The third-order valence-electron chi connectivity index (χ3n) is 5.68. The van der Waals surface area contributed by atoms with Crippen LogP contribution in [0.25, 0.3) is 0 Å². The maximum absolute atomic E-state index is 12.4. The minimum atomic E-state index is 0.334. The fraction of sp³-hybridized carbons (Fsp3) is 0.409. The van der Waals surface area contributed by atoms with E-state index in [9.17, 15) is 4.79 Å². The lowest BCUT2D eigenvalue weighted by molar-refractivity contribution is 0.0921. The summed E-state index contributed by atoms with van der Waals surface area (Å²) in [5, 5.41) is 0. The predicted octanol–water partition coefficient (Wildman–Crippen LogP) is 4.31. The Balaban J connectivity index is 1.34. The van der Waals surface area contributed by atoms with Crippen molar-refractivity contribution in [2.24, 2.45) is 5.92 Å². The summed E-state index contributed by atoms with van der Waals surface area (Å²) in [6.07, 6.45) is 4.25. The van der Waals surface area contributed by atoms with Gasteiger partial charge in [0.25, 0.3) is 0 Å². The van der Waals surface area contributed by atoms with Crippen LogP contribution in [0.3, 0.4) is 0 Å². The standard InChI is InChI=1S/C22H25NO/c24-22-15-17(14-20-8-4-5-9-21(20)22)16-23-12-10-19(11-13-23)18-6-2-1-3-7-18/h1-9,17,19H,10-16H2/t17-/m0/s1. The second-order valence-electron chi connectivity index (χ2n) is 7.34. The first-order chi connectivity index (χ1) is 11.8. The number of carbonyl (C=O) groups excluding carboxylic acids is 1. The molecule has 1 aliphatic heterocycles. The average Bonchev–Trinajstić information content (AvgIpc) is 2.63. The third kappa shape index (κ3) is 3.29. The smallest absolute Gasteiger partial charge is 0.163 e.